The van der Waals surface area contributed by atoms with Crippen molar-refractivity contribution in [3.63, 3.8) is 0 Å². The van der Waals surface area contributed by atoms with E-state index < -0.39 is 12.0 Å². The van der Waals surface area contributed by atoms with Crippen LogP contribution in [-0.4, -0.2) is 37.1 Å². The minimum absolute atomic E-state index is 0.295. The number of aromatic amines is 1. The number of imidazole rings is 1. The lowest BCUT2D eigenvalue weighted by atomic mass is 10.1. The summed E-state index contributed by atoms with van der Waals surface area (Å²) in [6.07, 6.45) is 4.90. The molecule has 0 bridgehead atoms. The van der Waals surface area contributed by atoms with Crippen molar-refractivity contribution in [3.8, 4) is 0 Å². The summed E-state index contributed by atoms with van der Waals surface area (Å²) >= 11 is 1.58. The SMILES string of the molecule is Cc1sc2ncnc(NC(Cc3cnc[nH]3)C(=O)O)c2c1C. The van der Waals surface area contributed by atoms with Crippen LogP contribution in [0.3, 0.4) is 0 Å². The van der Waals surface area contributed by atoms with Gasteiger partial charge in [-0.15, -0.1) is 11.3 Å². The summed E-state index contributed by atoms with van der Waals surface area (Å²) < 4.78 is 0. The van der Waals surface area contributed by atoms with Crippen LogP contribution < -0.4 is 5.32 Å². The summed E-state index contributed by atoms with van der Waals surface area (Å²) in [5.74, 6) is -0.385. The van der Waals surface area contributed by atoms with Crippen molar-refractivity contribution >= 4 is 33.3 Å². The van der Waals surface area contributed by atoms with Crippen molar-refractivity contribution in [3.05, 3.63) is 35.0 Å². The molecule has 3 N–H and O–H groups in total. The molecule has 1 unspecified atom stereocenters. The van der Waals surface area contributed by atoms with E-state index in [0.29, 0.717) is 12.2 Å². The monoisotopic (exact) mass is 317 g/mol. The first kappa shape index (κ1) is 14.5. The van der Waals surface area contributed by atoms with Gasteiger partial charge in [0.1, 0.15) is 23.0 Å². The molecule has 0 aliphatic rings. The standard InChI is InChI=1S/C14H15N5O2S/c1-7-8(2)22-13-11(7)12(17-6-18-13)19-10(14(20)21)3-9-4-15-5-16-9/h4-6,10H,3H2,1-2H3,(H,15,16)(H,20,21)(H,17,18,19). The third-order valence-corrected chi connectivity index (χ3v) is 4.67. The third-order valence-electron chi connectivity index (χ3n) is 3.55. The molecule has 0 aliphatic heterocycles. The second kappa shape index (κ2) is 5.72. The molecule has 0 amide bonds. The fraction of sp³-hybridized carbons (Fsp3) is 0.286. The smallest absolute Gasteiger partial charge is 0.326 e. The molecule has 3 aromatic rings. The van der Waals surface area contributed by atoms with Crippen LogP contribution in [-0.2, 0) is 11.2 Å². The van der Waals surface area contributed by atoms with Crippen LogP contribution in [0.1, 0.15) is 16.1 Å². The van der Waals surface area contributed by atoms with Gasteiger partial charge in [-0.1, -0.05) is 0 Å². The van der Waals surface area contributed by atoms with E-state index in [9.17, 15) is 9.90 Å². The number of aryl methyl sites for hydroxylation is 2. The zero-order chi connectivity index (χ0) is 15.7. The van der Waals surface area contributed by atoms with Gasteiger partial charge in [-0.05, 0) is 19.4 Å². The summed E-state index contributed by atoms with van der Waals surface area (Å²) in [7, 11) is 0. The van der Waals surface area contributed by atoms with Gasteiger partial charge in [0.25, 0.3) is 0 Å². The zero-order valence-electron chi connectivity index (χ0n) is 12.1. The second-order valence-electron chi connectivity index (χ2n) is 5.00. The number of nitrogens with zero attached hydrogens (tertiary/aromatic N) is 3. The quantitative estimate of drug-likeness (QED) is 0.666. The molecular formula is C14H15N5O2S. The van der Waals surface area contributed by atoms with Crippen LogP contribution in [0.5, 0.6) is 0 Å². The predicted molar refractivity (Wildman–Crippen MR) is 84.2 cm³/mol. The highest BCUT2D eigenvalue weighted by Gasteiger charge is 2.21. The fourth-order valence-electron chi connectivity index (χ4n) is 2.27. The van der Waals surface area contributed by atoms with Crippen LogP contribution in [0, 0.1) is 13.8 Å². The topological polar surface area (TPSA) is 104 Å². The Balaban J connectivity index is 1.94. The Bertz CT molecular complexity index is 812. The Kier molecular flexibility index (Phi) is 3.76. The maximum atomic E-state index is 11.5. The number of carbonyl (C=O) groups is 1. The number of thiophene rings is 1. The molecule has 3 rings (SSSR count). The Morgan fingerprint density at radius 2 is 2.27 bits per heavy atom. The number of anilines is 1. The van der Waals surface area contributed by atoms with E-state index in [-0.39, 0.29) is 0 Å². The number of aliphatic carboxylic acids is 1. The van der Waals surface area contributed by atoms with Crippen LogP contribution >= 0.6 is 11.3 Å². The molecule has 0 aromatic carbocycles. The van der Waals surface area contributed by atoms with Gasteiger partial charge in [0, 0.05) is 23.2 Å². The van der Waals surface area contributed by atoms with Gasteiger partial charge >= 0.3 is 5.97 Å². The maximum absolute atomic E-state index is 11.5. The summed E-state index contributed by atoms with van der Waals surface area (Å²) in [5.41, 5.74) is 1.83. The molecular weight excluding hydrogens is 302 g/mol. The summed E-state index contributed by atoms with van der Waals surface area (Å²) in [4.78, 5) is 28.8. The fourth-order valence-corrected chi connectivity index (χ4v) is 3.27. The zero-order valence-corrected chi connectivity index (χ0v) is 12.9. The minimum Gasteiger partial charge on any atom is -0.480 e. The number of hydrogen-bond acceptors (Lipinski definition) is 6. The van der Waals surface area contributed by atoms with E-state index in [1.807, 2.05) is 13.8 Å². The predicted octanol–water partition coefficient (Wildman–Crippen LogP) is 2.14. The molecule has 22 heavy (non-hydrogen) atoms. The first-order valence-corrected chi connectivity index (χ1v) is 7.55. The van der Waals surface area contributed by atoms with Crippen LogP contribution in [0.25, 0.3) is 10.2 Å². The number of carboxylic acid groups (broad SMARTS) is 1. The summed E-state index contributed by atoms with van der Waals surface area (Å²) in [6, 6.07) is -0.793. The number of hydrogen-bond donors (Lipinski definition) is 3. The number of fused-ring (bicyclic) bond motifs is 1. The summed E-state index contributed by atoms with van der Waals surface area (Å²) in [6.45, 7) is 4.01. The van der Waals surface area contributed by atoms with E-state index in [0.717, 1.165) is 26.4 Å². The molecule has 0 spiro atoms. The van der Waals surface area contributed by atoms with Crippen molar-refractivity contribution in [1.29, 1.82) is 0 Å². The third kappa shape index (κ3) is 2.64. The molecule has 114 valence electrons. The lowest BCUT2D eigenvalue weighted by Crippen LogP contribution is -2.32. The molecule has 7 nitrogen and oxygen atoms in total. The molecule has 0 radical (unpaired) electrons. The maximum Gasteiger partial charge on any atom is 0.326 e. The van der Waals surface area contributed by atoms with E-state index in [2.05, 4.69) is 25.3 Å². The van der Waals surface area contributed by atoms with Gasteiger partial charge in [-0.3, -0.25) is 0 Å². The highest BCUT2D eigenvalue weighted by atomic mass is 32.1. The number of carboxylic acids is 1. The van der Waals surface area contributed by atoms with Crippen molar-refractivity contribution < 1.29 is 9.90 Å². The number of H-pyrrole nitrogens is 1. The van der Waals surface area contributed by atoms with E-state index in [1.54, 1.807) is 17.5 Å². The molecule has 0 saturated heterocycles. The Morgan fingerprint density at radius 1 is 1.45 bits per heavy atom. The number of nitrogens with one attached hydrogen (secondary N) is 2. The van der Waals surface area contributed by atoms with E-state index in [4.69, 9.17) is 0 Å². The van der Waals surface area contributed by atoms with Gasteiger partial charge in [0.15, 0.2) is 0 Å². The van der Waals surface area contributed by atoms with E-state index >= 15 is 0 Å². The average Bonchev–Trinajstić information content (AvgIpc) is 3.08. The lowest BCUT2D eigenvalue weighted by molar-refractivity contribution is -0.137. The number of aromatic nitrogens is 4. The van der Waals surface area contributed by atoms with Gasteiger partial charge in [-0.2, -0.15) is 0 Å². The van der Waals surface area contributed by atoms with Crippen molar-refractivity contribution in [2.45, 2.75) is 26.3 Å². The first-order valence-electron chi connectivity index (χ1n) is 6.73. The lowest BCUT2D eigenvalue weighted by Gasteiger charge is -2.15. The average molecular weight is 317 g/mol. The highest BCUT2D eigenvalue weighted by Crippen LogP contribution is 2.32. The van der Waals surface area contributed by atoms with Crippen LogP contribution in [0.4, 0.5) is 5.82 Å². The molecule has 0 aliphatic carbocycles. The van der Waals surface area contributed by atoms with Crippen molar-refractivity contribution in [1.82, 2.24) is 19.9 Å². The Hall–Kier alpha value is -2.48. The largest absolute Gasteiger partial charge is 0.480 e. The molecule has 3 aromatic heterocycles. The molecule has 0 fully saturated rings. The second-order valence-corrected chi connectivity index (χ2v) is 6.21. The van der Waals surface area contributed by atoms with Gasteiger partial charge in [-0.25, -0.2) is 19.7 Å². The number of rotatable bonds is 5. The molecule has 0 saturated carbocycles. The van der Waals surface area contributed by atoms with Crippen molar-refractivity contribution in [2.75, 3.05) is 5.32 Å². The van der Waals surface area contributed by atoms with Crippen LogP contribution in [0.2, 0.25) is 0 Å². The highest BCUT2D eigenvalue weighted by molar-refractivity contribution is 7.18. The minimum atomic E-state index is -0.939. The Labute approximate surface area is 130 Å². The molecule has 1 atom stereocenters. The van der Waals surface area contributed by atoms with Crippen LogP contribution in [0.15, 0.2) is 18.9 Å². The molecule has 3 heterocycles. The van der Waals surface area contributed by atoms with Gasteiger partial charge in [0.2, 0.25) is 0 Å². The van der Waals surface area contributed by atoms with E-state index in [1.165, 1.54) is 12.7 Å². The van der Waals surface area contributed by atoms with Gasteiger partial charge in [0.05, 0.1) is 11.7 Å². The summed E-state index contributed by atoms with van der Waals surface area (Å²) in [5, 5.41) is 13.4. The Morgan fingerprint density at radius 3 is 2.95 bits per heavy atom. The van der Waals surface area contributed by atoms with Gasteiger partial charge < -0.3 is 15.4 Å². The normalized spacial score (nSPS) is 12.5. The van der Waals surface area contributed by atoms with Crippen molar-refractivity contribution in [2.24, 2.45) is 0 Å². The molecule has 8 heteroatoms. The first-order chi connectivity index (χ1) is 10.6.